The van der Waals surface area contributed by atoms with Gasteiger partial charge in [0.1, 0.15) is 0 Å². The number of hydrogen-bond donors (Lipinski definition) is 1. The second-order valence-electron chi connectivity index (χ2n) is 5.35. The lowest BCUT2D eigenvalue weighted by atomic mass is 9.63. The van der Waals surface area contributed by atoms with E-state index < -0.39 is 0 Å². The molecule has 1 fully saturated rings. The molecule has 1 aliphatic rings. The van der Waals surface area contributed by atoms with Crippen LogP contribution in [0.25, 0.3) is 0 Å². The molecular weight excluding hydrogens is 230 g/mol. The molecule has 1 heteroatoms. The van der Waals surface area contributed by atoms with Crippen LogP contribution in [0.1, 0.15) is 36.3 Å². The standard InChI is InChI=1S/C18H21N/c1-2-19-17-13-16(14-9-5-3-6-10-14)18(17)15-11-7-4-8-12-15/h3-12,16-19H,2,13H2,1H3. The summed E-state index contributed by atoms with van der Waals surface area (Å²) in [5, 5.41) is 3.63. The highest BCUT2D eigenvalue weighted by Gasteiger charge is 2.41. The highest BCUT2D eigenvalue weighted by Crippen LogP contribution is 2.49. The summed E-state index contributed by atoms with van der Waals surface area (Å²) in [4.78, 5) is 0. The molecule has 2 aromatic rings. The Labute approximate surface area is 115 Å². The van der Waals surface area contributed by atoms with Crippen LogP contribution in [-0.2, 0) is 0 Å². The van der Waals surface area contributed by atoms with Gasteiger partial charge in [-0.15, -0.1) is 0 Å². The van der Waals surface area contributed by atoms with E-state index in [-0.39, 0.29) is 0 Å². The first-order chi connectivity index (χ1) is 9.40. The maximum Gasteiger partial charge on any atom is 0.0148 e. The Balaban J connectivity index is 1.87. The SMILES string of the molecule is CCNC1CC(c2ccccc2)C1c1ccccc1. The molecule has 1 aliphatic carbocycles. The van der Waals surface area contributed by atoms with E-state index in [2.05, 4.69) is 72.9 Å². The quantitative estimate of drug-likeness (QED) is 0.868. The molecule has 0 aliphatic heterocycles. The van der Waals surface area contributed by atoms with Crippen LogP contribution in [0, 0.1) is 0 Å². The summed E-state index contributed by atoms with van der Waals surface area (Å²) >= 11 is 0. The Morgan fingerprint density at radius 1 is 0.895 bits per heavy atom. The molecule has 1 saturated carbocycles. The van der Waals surface area contributed by atoms with Crippen molar-refractivity contribution in [1.29, 1.82) is 0 Å². The van der Waals surface area contributed by atoms with Gasteiger partial charge in [0.05, 0.1) is 0 Å². The Kier molecular flexibility index (Phi) is 3.65. The zero-order chi connectivity index (χ0) is 13.1. The first-order valence-corrected chi connectivity index (χ1v) is 7.23. The molecule has 0 spiro atoms. The van der Waals surface area contributed by atoms with Crippen LogP contribution in [0.4, 0.5) is 0 Å². The third-order valence-corrected chi connectivity index (χ3v) is 4.25. The number of likely N-dealkylation sites (N-methyl/N-ethyl adjacent to an activating group) is 1. The van der Waals surface area contributed by atoms with Gasteiger partial charge >= 0.3 is 0 Å². The van der Waals surface area contributed by atoms with Crippen LogP contribution in [0.5, 0.6) is 0 Å². The summed E-state index contributed by atoms with van der Waals surface area (Å²) < 4.78 is 0. The second kappa shape index (κ2) is 5.58. The van der Waals surface area contributed by atoms with Gasteiger partial charge in [0.2, 0.25) is 0 Å². The first kappa shape index (κ1) is 12.4. The summed E-state index contributed by atoms with van der Waals surface area (Å²) in [6.07, 6.45) is 1.25. The Morgan fingerprint density at radius 2 is 1.47 bits per heavy atom. The highest BCUT2D eigenvalue weighted by molar-refractivity contribution is 5.34. The fourth-order valence-corrected chi connectivity index (χ4v) is 3.31. The Bertz CT molecular complexity index is 506. The van der Waals surface area contributed by atoms with Crippen LogP contribution in [-0.4, -0.2) is 12.6 Å². The molecular formula is C18H21N. The molecule has 98 valence electrons. The van der Waals surface area contributed by atoms with E-state index in [0.29, 0.717) is 17.9 Å². The van der Waals surface area contributed by atoms with E-state index in [9.17, 15) is 0 Å². The highest BCUT2D eigenvalue weighted by atomic mass is 14.9. The van der Waals surface area contributed by atoms with Crippen LogP contribution < -0.4 is 5.32 Å². The molecule has 3 atom stereocenters. The zero-order valence-corrected chi connectivity index (χ0v) is 11.4. The predicted octanol–water partition coefficient (Wildman–Crippen LogP) is 3.94. The maximum atomic E-state index is 3.63. The van der Waals surface area contributed by atoms with Gasteiger partial charge in [-0.1, -0.05) is 67.6 Å². The maximum absolute atomic E-state index is 3.63. The minimum absolute atomic E-state index is 0.614. The van der Waals surface area contributed by atoms with Crippen LogP contribution in [0.2, 0.25) is 0 Å². The Morgan fingerprint density at radius 3 is 2.05 bits per heavy atom. The van der Waals surface area contributed by atoms with Gasteiger partial charge in [-0.05, 0) is 30.0 Å². The molecule has 0 saturated heterocycles. The number of rotatable bonds is 4. The summed E-state index contributed by atoms with van der Waals surface area (Å²) in [7, 11) is 0. The molecule has 0 aromatic heterocycles. The van der Waals surface area contributed by atoms with E-state index >= 15 is 0 Å². The minimum atomic E-state index is 0.614. The molecule has 3 rings (SSSR count). The third-order valence-electron chi connectivity index (χ3n) is 4.25. The number of hydrogen-bond acceptors (Lipinski definition) is 1. The van der Waals surface area contributed by atoms with E-state index in [4.69, 9.17) is 0 Å². The topological polar surface area (TPSA) is 12.0 Å². The lowest BCUT2D eigenvalue weighted by Gasteiger charge is -2.46. The molecule has 0 heterocycles. The second-order valence-corrected chi connectivity index (χ2v) is 5.35. The van der Waals surface area contributed by atoms with Crippen LogP contribution >= 0.6 is 0 Å². The van der Waals surface area contributed by atoms with Crippen molar-refractivity contribution in [3.63, 3.8) is 0 Å². The minimum Gasteiger partial charge on any atom is -0.314 e. The monoisotopic (exact) mass is 251 g/mol. The van der Waals surface area contributed by atoms with Gasteiger partial charge in [-0.25, -0.2) is 0 Å². The van der Waals surface area contributed by atoms with Gasteiger partial charge in [0.15, 0.2) is 0 Å². The summed E-state index contributed by atoms with van der Waals surface area (Å²) in [6, 6.07) is 22.5. The molecule has 1 nitrogen and oxygen atoms in total. The lowest BCUT2D eigenvalue weighted by molar-refractivity contribution is 0.240. The van der Waals surface area contributed by atoms with Crippen molar-refractivity contribution in [2.45, 2.75) is 31.2 Å². The van der Waals surface area contributed by atoms with Crippen molar-refractivity contribution in [3.05, 3.63) is 71.8 Å². The van der Waals surface area contributed by atoms with Crippen molar-refractivity contribution in [2.24, 2.45) is 0 Å². The van der Waals surface area contributed by atoms with Crippen molar-refractivity contribution in [2.75, 3.05) is 6.54 Å². The van der Waals surface area contributed by atoms with Gasteiger partial charge in [0.25, 0.3) is 0 Å². The van der Waals surface area contributed by atoms with Gasteiger partial charge in [-0.3, -0.25) is 0 Å². The van der Waals surface area contributed by atoms with Gasteiger partial charge in [0, 0.05) is 12.0 Å². The smallest absolute Gasteiger partial charge is 0.0148 e. The fraction of sp³-hybridized carbons (Fsp3) is 0.333. The van der Waals surface area contributed by atoms with Crippen molar-refractivity contribution >= 4 is 0 Å². The molecule has 2 aromatic carbocycles. The third kappa shape index (κ3) is 2.43. The number of benzene rings is 2. The van der Waals surface area contributed by atoms with Crippen molar-refractivity contribution in [3.8, 4) is 0 Å². The summed E-state index contributed by atoms with van der Waals surface area (Å²) in [5.41, 5.74) is 2.94. The molecule has 3 unspecified atom stereocenters. The van der Waals surface area contributed by atoms with E-state index in [1.54, 1.807) is 0 Å². The number of nitrogens with one attached hydrogen (secondary N) is 1. The molecule has 19 heavy (non-hydrogen) atoms. The average Bonchev–Trinajstić information content (AvgIpc) is 2.45. The summed E-state index contributed by atoms with van der Waals surface area (Å²) in [6.45, 7) is 3.24. The van der Waals surface area contributed by atoms with E-state index in [0.717, 1.165) is 6.54 Å². The van der Waals surface area contributed by atoms with Crippen molar-refractivity contribution in [1.82, 2.24) is 5.32 Å². The molecule has 0 bridgehead atoms. The Hall–Kier alpha value is -1.60. The molecule has 0 amide bonds. The fourth-order valence-electron chi connectivity index (χ4n) is 3.31. The molecule has 0 radical (unpaired) electrons. The van der Waals surface area contributed by atoms with Gasteiger partial charge < -0.3 is 5.32 Å². The average molecular weight is 251 g/mol. The molecule has 1 N–H and O–H groups in total. The predicted molar refractivity (Wildman–Crippen MR) is 80.4 cm³/mol. The van der Waals surface area contributed by atoms with Crippen LogP contribution in [0.15, 0.2) is 60.7 Å². The summed E-state index contributed by atoms with van der Waals surface area (Å²) in [5.74, 6) is 1.27. The van der Waals surface area contributed by atoms with Crippen LogP contribution in [0.3, 0.4) is 0 Å². The largest absolute Gasteiger partial charge is 0.314 e. The zero-order valence-electron chi connectivity index (χ0n) is 11.4. The van der Waals surface area contributed by atoms with Crippen molar-refractivity contribution < 1.29 is 0 Å². The first-order valence-electron chi connectivity index (χ1n) is 7.23. The van der Waals surface area contributed by atoms with E-state index in [1.165, 1.54) is 17.5 Å². The normalized spacial score (nSPS) is 25.8. The van der Waals surface area contributed by atoms with Gasteiger partial charge in [-0.2, -0.15) is 0 Å². The van der Waals surface area contributed by atoms with E-state index in [1.807, 2.05) is 0 Å². The lowest BCUT2D eigenvalue weighted by Crippen LogP contribution is -2.47.